The van der Waals surface area contributed by atoms with Gasteiger partial charge in [0.15, 0.2) is 0 Å². The van der Waals surface area contributed by atoms with Gasteiger partial charge in [0.05, 0.1) is 24.5 Å². The highest BCUT2D eigenvalue weighted by atomic mass is 19.4. The summed E-state index contributed by atoms with van der Waals surface area (Å²) in [5, 5.41) is 11.2. The van der Waals surface area contributed by atoms with E-state index in [1.165, 1.54) is 31.6 Å². The second kappa shape index (κ2) is 8.40. The van der Waals surface area contributed by atoms with Crippen LogP contribution in [0.2, 0.25) is 0 Å². The number of nitrogens with zero attached hydrogens (tertiary/aromatic N) is 1. The topological polar surface area (TPSA) is 80.0 Å². The molecule has 4 rings (SSSR count). The summed E-state index contributed by atoms with van der Waals surface area (Å²) in [5.41, 5.74) is 0.119. The fraction of sp³-hybridized carbons (Fsp3) is 0.200. The Kier molecular flexibility index (Phi) is 5.72. The molecule has 1 N–H and O–H groups in total. The molecule has 34 heavy (non-hydrogen) atoms. The van der Waals surface area contributed by atoms with Crippen LogP contribution in [-0.2, 0) is 15.8 Å². The van der Waals surface area contributed by atoms with Gasteiger partial charge in [0.1, 0.15) is 23.3 Å². The van der Waals surface area contributed by atoms with Gasteiger partial charge >= 0.3 is 6.18 Å². The molecule has 2 heterocycles. The first-order valence-corrected chi connectivity index (χ1v) is 10.2. The Morgan fingerprint density at radius 3 is 2.41 bits per heavy atom. The molecule has 0 spiro atoms. The third-order valence-corrected chi connectivity index (χ3v) is 5.71. The van der Waals surface area contributed by atoms with Gasteiger partial charge in [-0.05, 0) is 67.4 Å². The van der Waals surface area contributed by atoms with Gasteiger partial charge in [-0.25, -0.2) is 0 Å². The van der Waals surface area contributed by atoms with Crippen molar-refractivity contribution >= 4 is 23.1 Å². The summed E-state index contributed by atoms with van der Waals surface area (Å²) in [7, 11) is 1.50. The van der Waals surface area contributed by atoms with Crippen molar-refractivity contribution < 1.29 is 37.0 Å². The highest BCUT2D eigenvalue weighted by Gasteiger charge is 2.48. The lowest BCUT2D eigenvalue weighted by molar-refractivity contribution is -0.137. The van der Waals surface area contributed by atoms with E-state index in [1.807, 2.05) is 0 Å². The van der Waals surface area contributed by atoms with Crippen molar-refractivity contribution in [2.45, 2.75) is 26.1 Å². The highest BCUT2D eigenvalue weighted by molar-refractivity contribution is 6.51. The number of furan rings is 1. The van der Waals surface area contributed by atoms with E-state index in [-0.39, 0.29) is 22.6 Å². The third kappa shape index (κ3) is 3.83. The second-order valence-electron chi connectivity index (χ2n) is 7.87. The van der Waals surface area contributed by atoms with Crippen LogP contribution in [0.25, 0.3) is 5.76 Å². The molecule has 176 valence electrons. The second-order valence-corrected chi connectivity index (χ2v) is 7.87. The lowest BCUT2D eigenvalue weighted by atomic mass is 9.95. The molecule has 0 radical (unpaired) electrons. The number of methoxy groups -OCH3 is 1. The minimum absolute atomic E-state index is 0.112. The summed E-state index contributed by atoms with van der Waals surface area (Å²) in [6, 6.07) is 9.11. The zero-order valence-corrected chi connectivity index (χ0v) is 18.4. The average molecular weight is 471 g/mol. The fourth-order valence-electron chi connectivity index (χ4n) is 4.06. The van der Waals surface area contributed by atoms with Crippen LogP contribution in [0.5, 0.6) is 5.75 Å². The minimum atomic E-state index is -4.65. The van der Waals surface area contributed by atoms with Crippen LogP contribution >= 0.6 is 0 Å². The van der Waals surface area contributed by atoms with E-state index in [2.05, 4.69) is 0 Å². The molecule has 1 fully saturated rings. The van der Waals surface area contributed by atoms with E-state index in [9.17, 15) is 27.9 Å². The van der Waals surface area contributed by atoms with Crippen LogP contribution in [0, 0.1) is 13.8 Å². The van der Waals surface area contributed by atoms with E-state index in [0.29, 0.717) is 16.9 Å². The number of aliphatic hydroxyl groups is 1. The zero-order valence-electron chi connectivity index (χ0n) is 18.4. The molecule has 1 aliphatic rings. The predicted molar refractivity (Wildman–Crippen MR) is 117 cm³/mol. The van der Waals surface area contributed by atoms with Crippen LogP contribution in [-0.4, -0.2) is 23.9 Å². The van der Waals surface area contributed by atoms with Gasteiger partial charge in [0, 0.05) is 11.3 Å². The normalized spacial score (nSPS) is 17.9. The molecule has 1 saturated heterocycles. The summed E-state index contributed by atoms with van der Waals surface area (Å²) >= 11 is 0. The average Bonchev–Trinajstić information content (AvgIpc) is 3.41. The lowest BCUT2D eigenvalue weighted by Crippen LogP contribution is -2.29. The van der Waals surface area contributed by atoms with Gasteiger partial charge in [-0.1, -0.05) is 6.07 Å². The maximum Gasteiger partial charge on any atom is 0.416 e. The molecule has 9 heteroatoms. The van der Waals surface area contributed by atoms with Gasteiger partial charge in [-0.3, -0.25) is 14.5 Å². The number of amides is 1. The number of Topliss-reactive ketones (excluding diaryl/α,β-unsaturated/α-hetero) is 1. The Balaban J connectivity index is 1.94. The monoisotopic (exact) mass is 471 g/mol. The molecule has 6 nitrogen and oxygen atoms in total. The summed E-state index contributed by atoms with van der Waals surface area (Å²) in [4.78, 5) is 27.1. The number of benzene rings is 2. The predicted octanol–water partition coefficient (Wildman–Crippen LogP) is 5.55. The number of hydrogen-bond acceptors (Lipinski definition) is 5. The molecule has 1 unspecified atom stereocenters. The number of aliphatic hydroxyl groups excluding tert-OH is 1. The molecule has 2 aromatic carbocycles. The van der Waals surface area contributed by atoms with E-state index in [0.717, 1.165) is 23.1 Å². The molecular formula is C25H20F3NO5. The van der Waals surface area contributed by atoms with Crippen molar-refractivity contribution in [3.8, 4) is 5.75 Å². The van der Waals surface area contributed by atoms with Crippen LogP contribution in [0.3, 0.4) is 0 Å². The first-order chi connectivity index (χ1) is 16.0. The molecule has 0 bridgehead atoms. The number of anilines is 1. The SMILES string of the molecule is COc1cc(C)c(/C(O)=C2/C(=O)C(=O)N(c3cccc(C(F)(F)F)c3)C2c2ccco2)cc1C. The van der Waals surface area contributed by atoms with Crippen LogP contribution < -0.4 is 9.64 Å². The number of aryl methyl sites for hydroxylation is 2. The van der Waals surface area contributed by atoms with E-state index in [4.69, 9.17) is 9.15 Å². The Hall–Kier alpha value is -4.01. The summed E-state index contributed by atoms with van der Waals surface area (Å²) in [6.07, 6.45) is -3.34. The Morgan fingerprint density at radius 2 is 1.79 bits per heavy atom. The molecule has 1 amide bonds. The van der Waals surface area contributed by atoms with Gasteiger partial charge in [0.25, 0.3) is 11.7 Å². The number of rotatable bonds is 4. The number of carbonyl (C=O) groups is 2. The minimum Gasteiger partial charge on any atom is -0.507 e. The molecule has 1 atom stereocenters. The number of carbonyl (C=O) groups excluding carboxylic acids is 2. The smallest absolute Gasteiger partial charge is 0.416 e. The maximum absolute atomic E-state index is 13.3. The molecule has 3 aromatic rings. The van der Waals surface area contributed by atoms with Crippen LogP contribution in [0.1, 0.15) is 34.1 Å². The van der Waals surface area contributed by atoms with Crippen molar-refractivity contribution in [3.63, 3.8) is 0 Å². The third-order valence-electron chi connectivity index (χ3n) is 5.71. The van der Waals surface area contributed by atoms with Crippen molar-refractivity contribution in [1.29, 1.82) is 0 Å². The van der Waals surface area contributed by atoms with Gasteiger partial charge in [-0.2, -0.15) is 13.2 Å². The van der Waals surface area contributed by atoms with Gasteiger partial charge < -0.3 is 14.3 Å². The van der Waals surface area contributed by atoms with Gasteiger partial charge in [0.2, 0.25) is 0 Å². The van der Waals surface area contributed by atoms with Crippen LogP contribution in [0.15, 0.2) is 64.8 Å². The van der Waals surface area contributed by atoms with Crippen molar-refractivity contribution in [2.75, 3.05) is 12.0 Å². The zero-order chi connectivity index (χ0) is 24.8. The number of hydrogen-bond donors (Lipinski definition) is 1. The van der Waals surface area contributed by atoms with Crippen molar-refractivity contribution in [1.82, 2.24) is 0 Å². The Morgan fingerprint density at radius 1 is 1.06 bits per heavy atom. The van der Waals surface area contributed by atoms with E-state index >= 15 is 0 Å². The maximum atomic E-state index is 13.3. The molecule has 0 saturated carbocycles. The van der Waals surface area contributed by atoms with Crippen molar-refractivity contribution in [2.24, 2.45) is 0 Å². The highest BCUT2D eigenvalue weighted by Crippen LogP contribution is 2.44. The molecule has 1 aliphatic heterocycles. The first-order valence-electron chi connectivity index (χ1n) is 10.2. The fourth-order valence-corrected chi connectivity index (χ4v) is 4.06. The van der Waals surface area contributed by atoms with Crippen molar-refractivity contribution in [3.05, 3.63) is 88.4 Å². The molecule has 1 aromatic heterocycles. The summed E-state index contributed by atoms with van der Waals surface area (Å²) in [6.45, 7) is 3.45. The summed E-state index contributed by atoms with van der Waals surface area (Å²) < 4.78 is 50.7. The van der Waals surface area contributed by atoms with E-state index < -0.39 is 35.2 Å². The largest absolute Gasteiger partial charge is 0.507 e. The Bertz CT molecular complexity index is 1310. The number of ketones is 1. The van der Waals surface area contributed by atoms with Gasteiger partial charge in [-0.15, -0.1) is 0 Å². The lowest BCUT2D eigenvalue weighted by Gasteiger charge is -2.24. The standard InChI is InChI=1S/C25H20F3NO5/c1-13-11-19(33-3)14(2)10-17(13)22(30)20-21(18-8-5-9-34-18)29(24(32)23(20)31)16-7-4-6-15(12-16)25(26,27)28/h4-12,21,30H,1-3H3/b22-20-. The Labute approximate surface area is 192 Å². The van der Waals surface area contributed by atoms with Crippen LogP contribution in [0.4, 0.5) is 18.9 Å². The summed E-state index contributed by atoms with van der Waals surface area (Å²) in [5.74, 6) is -1.89. The number of alkyl halides is 3. The number of ether oxygens (including phenoxy) is 1. The van der Waals surface area contributed by atoms with E-state index in [1.54, 1.807) is 26.0 Å². The molecule has 0 aliphatic carbocycles. The number of halogens is 3. The first kappa shape index (κ1) is 23.2. The quantitative estimate of drug-likeness (QED) is 0.307. The molecular weight excluding hydrogens is 451 g/mol.